The molecule has 146 valence electrons. The van der Waals surface area contributed by atoms with Gasteiger partial charge in [-0.2, -0.15) is 5.26 Å². The Morgan fingerprint density at radius 3 is 2.32 bits per heavy atom. The first-order valence-corrected chi connectivity index (χ1v) is 9.46. The fourth-order valence-electron chi connectivity index (χ4n) is 2.87. The van der Waals surface area contributed by atoms with Gasteiger partial charge in [-0.3, -0.25) is 4.79 Å². The maximum atomic E-state index is 12.5. The minimum atomic E-state index is -1.19. The molecule has 1 unspecified atom stereocenters. The number of hydrogen-bond acceptors (Lipinski definition) is 7. The molecule has 1 fully saturated rings. The molecule has 1 saturated heterocycles. The van der Waals surface area contributed by atoms with Crippen molar-refractivity contribution in [3.8, 4) is 11.8 Å². The van der Waals surface area contributed by atoms with Crippen molar-refractivity contribution in [1.82, 2.24) is 0 Å². The topological polar surface area (TPSA) is 109 Å². The number of rotatable bonds is 6. The second kappa shape index (κ2) is 9.45. The Morgan fingerprint density at radius 1 is 1.14 bits per heavy atom. The van der Waals surface area contributed by atoms with E-state index in [9.17, 15) is 15.0 Å². The van der Waals surface area contributed by atoms with Crippen LogP contribution in [0.15, 0.2) is 48.5 Å². The zero-order chi connectivity index (χ0) is 20.1. The molecule has 0 amide bonds. The first kappa shape index (κ1) is 20.7. The second-order valence-electron chi connectivity index (χ2n) is 6.36. The highest BCUT2D eigenvalue weighted by atomic mass is 127. The zero-order valence-electron chi connectivity index (χ0n) is 14.7. The number of nitrogens with zero attached hydrogens (tertiary/aromatic N) is 1. The molecule has 2 aromatic carbocycles. The highest BCUT2D eigenvalue weighted by Gasteiger charge is 2.38. The number of halogens is 1. The Balaban J connectivity index is 1.68. The van der Waals surface area contributed by atoms with Crippen molar-refractivity contribution in [2.24, 2.45) is 0 Å². The number of ether oxygens (including phenoxy) is 2. The summed E-state index contributed by atoms with van der Waals surface area (Å²) in [5, 5.41) is 28.9. The third kappa shape index (κ3) is 4.87. The van der Waals surface area contributed by atoms with Crippen molar-refractivity contribution in [3.63, 3.8) is 0 Å². The van der Waals surface area contributed by atoms with Crippen LogP contribution in [0, 0.1) is 11.3 Å². The minimum Gasteiger partial charge on any atom is -0.462 e. The van der Waals surface area contributed by atoms with E-state index in [2.05, 4.69) is 0 Å². The Bertz CT molecular complexity index is 848. The van der Waals surface area contributed by atoms with Gasteiger partial charge in [0.1, 0.15) is 34.9 Å². The van der Waals surface area contributed by atoms with Crippen LogP contribution in [-0.4, -0.2) is 47.2 Å². The van der Waals surface area contributed by atoms with Crippen LogP contribution in [0.5, 0.6) is 5.75 Å². The molecule has 2 aromatic rings. The van der Waals surface area contributed by atoms with Crippen LogP contribution in [-0.2, 0) is 7.80 Å². The molecule has 0 radical (unpaired) electrons. The van der Waals surface area contributed by atoms with Gasteiger partial charge in [-0.25, -0.2) is 0 Å². The minimum absolute atomic E-state index is 0.181. The van der Waals surface area contributed by atoms with E-state index in [1.807, 2.05) is 6.07 Å². The average molecular weight is 495 g/mol. The lowest BCUT2D eigenvalue weighted by molar-refractivity contribution is -0.238. The fraction of sp³-hybridized carbons (Fsp3) is 0.300. The largest absolute Gasteiger partial charge is 0.462 e. The molecule has 1 heterocycles. The number of benzene rings is 2. The number of aliphatic hydroxyl groups excluding tert-OH is 2. The van der Waals surface area contributed by atoms with Gasteiger partial charge in [0.2, 0.25) is 6.29 Å². The third-order valence-electron chi connectivity index (χ3n) is 4.40. The molecule has 8 heteroatoms. The van der Waals surface area contributed by atoms with Gasteiger partial charge >= 0.3 is 0 Å². The van der Waals surface area contributed by atoms with Crippen LogP contribution >= 0.6 is 23.0 Å². The van der Waals surface area contributed by atoms with Gasteiger partial charge in [-0.05, 0) is 48.5 Å². The van der Waals surface area contributed by atoms with Crippen molar-refractivity contribution >= 4 is 28.8 Å². The molecule has 0 aliphatic carbocycles. The van der Waals surface area contributed by atoms with E-state index in [1.165, 1.54) is 0 Å². The summed E-state index contributed by atoms with van der Waals surface area (Å²) in [6.45, 7) is 0.266. The van der Waals surface area contributed by atoms with Gasteiger partial charge in [0.15, 0.2) is 5.78 Å². The van der Waals surface area contributed by atoms with Crippen LogP contribution in [0.1, 0.15) is 27.9 Å². The molecule has 0 spiro atoms. The summed E-state index contributed by atoms with van der Waals surface area (Å²) in [5.41, 5.74) is 1.42. The summed E-state index contributed by atoms with van der Waals surface area (Å²) in [4.78, 5) is 12.5. The SMILES string of the molecule is N#Cc1ccc(C(=O)c2ccc(O[C@@H]3O[C@H](COI)CC(O)[C@@H]3O)cc2)cc1. The number of ketones is 1. The van der Waals surface area contributed by atoms with E-state index in [4.69, 9.17) is 17.8 Å². The summed E-state index contributed by atoms with van der Waals surface area (Å²) in [6, 6.07) is 14.8. The second-order valence-corrected chi connectivity index (χ2v) is 6.98. The van der Waals surface area contributed by atoms with Crippen LogP contribution in [0.2, 0.25) is 0 Å². The summed E-state index contributed by atoms with van der Waals surface area (Å²) < 4.78 is 16.3. The number of carbonyl (C=O) groups excluding carboxylic acids is 1. The molecule has 28 heavy (non-hydrogen) atoms. The maximum Gasteiger partial charge on any atom is 0.229 e. The summed E-state index contributed by atoms with van der Waals surface area (Å²) in [7, 11) is 0. The molecule has 0 saturated carbocycles. The first-order valence-electron chi connectivity index (χ1n) is 8.58. The Hall–Kier alpha value is -2.03. The molecular formula is C20H18INO6. The smallest absolute Gasteiger partial charge is 0.229 e. The normalized spacial score (nSPS) is 24.4. The third-order valence-corrected chi connectivity index (χ3v) is 4.76. The molecule has 1 aliphatic heterocycles. The molecular weight excluding hydrogens is 477 g/mol. The van der Waals surface area contributed by atoms with Crippen molar-refractivity contribution in [2.75, 3.05) is 6.61 Å². The lowest BCUT2D eigenvalue weighted by Crippen LogP contribution is -2.51. The van der Waals surface area contributed by atoms with Crippen LogP contribution in [0.25, 0.3) is 0 Å². The predicted octanol–water partition coefficient (Wildman–Crippen LogP) is 2.37. The summed E-state index contributed by atoms with van der Waals surface area (Å²) >= 11 is 1.74. The maximum absolute atomic E-state index is 12.5. The van der Waals surface area contributed by atoms with E-state index >= 15 is 0 Å². The van der Waals surface area contributed by atoms with Gasteiger partial charge < -0.3 is 22.8 Å². The van der Waals surface area contributed by atoms with E-state index in [1.54, 1.807) is 71.5 Å². The van der Waals surface area contributed by atoms with Gasteiger partial charge in [0, 0.05) is 17.5 Å². The molecule has 1 aliphatic rings. The standard InChI is InChI=1S/C20H18INO6/c21-26-11-16-9-17(23)19(25)20(28-16)27-15-7-5-14(6-8-15)18(24)13-3-1-12(10-22)2-4-13/h1-8,16-17,19-20,23,25H,9,11H2/t16-,17?,19-,20+/m0/s1. The number of aliphatic hydroxyl groups is 2. The van der Waals surface area contributed by atoms with E-state index in [-0.39, 0.29) is 18.8 Å². The highest BCUT2D eigenvalue weighted by molar-refractivity contribution is 14.1. The lowest BCUT2D eigenvalue weighted by atomic mass is 10.0. The van der Waals surface area contributed by atoms with Crippen LogP contribution in [0.3, 0.4) is 0 Å². The highest BCUT2D eigenvalue weighted by Crippen LogP contribution is 2.25. The Labute approximate surface area is 176 Å². The molecule has 2 N–H and O–H groups in total. The number of carbonyl (C=O) groups is 1. The molecule has 0 aromatic heterocycles. The molecule has 7 nitrogen and oxygen atoms in total. The Kier molecular flexibility index (Phi) is 6.98. The molecule has 4 atom stereocenters. The number of hydrogen-bond donors (Lipinski definition) is 2. The lowest BCUT2D eigenvalue weighted by Gasteiger charge is -2.36. The summed E-state index contributed by atoms with van der Waals surface area (Å²) in [6.07, 6.45) is -3.35. The molecule has 3 rings (SSSR count). The zero-order valence-corrected chi connectivity index (χ0v) is 16.9. The first-order chi connectivity index (χ1) is 13.5. The molecule has 0 bridgehead atoms. The van der Waals surface area contributed by atoms with E-state index in [0.717, 1.165) is 0 Å². The van der Waals surface area contributed by atoms with Crippen LogP contribution in [0.4, 0.5) is 0 Å². The van der Waals surface area contributed by atoms with E-state index < -0.39 is 24.6 Å². The predicted molar refractivity (Wildman–Crippen MR) is 107 cm³/mol. The number of nitriles is 1. The van der Waals surface area contributed by atoms with Crippen molar-refractivity contribution in [2.45, 2.75) is 31.0 Å². The fourth-order valence-corrected chi connectivity index (χ4v) is 3.27. The summed E-state index contributed by atoms with van der Waals surface area (Å²) in [5.74, 6) is 0.211. The monoisotopic (exact) mass is 495 g/mol. The van der Waals surface area contributed by atoms with Gasteiger partial charge in [-0.15, -0.1) is 0 Å². The van der Waals surface area contributed by atoms with Gasteiger partial charge in [0.25, 0.3) is 0 Å². The Morgan fingerprint density at radius 2 is 1.75 bits per heavy atom. The van der Waals surface area contributed by atoms with Crippen molar-refractivity contribution < 1.29 is 27.5 Å². The van der Waals surface area contributed by atoms with Crippen molar-refractivity contribution in [1.29, 1.82) is 5.26 Å². The average Bonchev–Trinajstić information content (AvgIpc) is 2.72. The van der Waals surface area contributed by atoms with Crippen molar-refractivity contribution in [3.05, 3.63) is 65.2 Å². The quantitative estimate of drug-likeness (QED) is 0.468. The van der Waals surface area contributed by atoms with Crippen LogP contribution < -0.4 is 4.74 Å². The van der Waals surface area contributed by atoms with Gasteiger partial charge in [-0.1, -0.05) is 0 Å². The van der Waals surface area contributed by atoms with Gasteiger partial charge in [0.05, 0.1) is 30.4 Å². The van der Waals surface area contributed by atoms with E-state index in [0.29, 0.717) is 22.4 Å².